The Morgan fingerprint density at radius 3 is 2.83 bits per heavy atom. The number of nitrogens with one attached hydrogen (secondary N) is 2. The van der Waals surface area contributed by atoms with Crippen LogP contribution < -0.4 is 10.6 Å². The van der Waals surface area contributed by atoms with Gasteiger partial charge in [0.1, 0.15) is 12.7 Å². The fraction of sp³-hybridized carbons (Fsp3) is 0.0714. The summed E-state index contributed by atoms with van der Waals surface area (Å²) in [4.78, 5) is 31.4. The lowest BCUT2D eigenvalue weighted by Gasteiger charge is -2.06. The summed E-state index contributed by atoms with van der Waals surface area (Å²) >= 11 is 0. The van der Waals surface area contributed by atoms with Gasteiger partial charge in [0, 0.05) is 0 Å². The molecule has 0 fully saturated rings. The number of carbonyl (C=O) groups excluding carboxylic acids is 2. The molecule has 3 heterocycles. The van der Waals surface area contributed by atoms with E-state index in [-0.39, 0.29) is 18.2 Å². The number of nitrogens with zero attached hydrogens (tertiary/aromatic N) is 4. The number of pyridine rings is 1. The predicted octanol–water partition coefficient (Wildman–Crippen LogP) is 0.624. The Hall–Kier alpha value is -3.49. The van der Waals surface area contributed by atoms with E-state index >= 15 is 0 Å². The first-order chi connectivity index (χ1) is 11.2. The Kier molecular flexibility index (Phi) is 4.09. The highest BCUT2D eigenvalue weighted by Gasteiger charge is 2.10. The highest BCUT2D eigenvalue weighted by atomic mass is 16.3. The largest absolute Gasteiger partial charge is 0.459 e. The van der Waals surface area contributed by atoms with Crippen LogP contribution in [0.4, 0.5) is 5.69 Å². The molecule has 0 aliphatic carbocycles. The molecule has 3 aromatic rings. The van der Waals surface area contributed by atoms with Gasteiger partial charge < -0.3 is 15.1 Å². The Labute approximate surface area is 130 Å². The van der Waals surface area contributed by atoms with Gasteiger partial charge in [-0.1, -0.05) is 0 Å². The summed E-state index contributed by atoms with van der Waals surface area (Å²) in [6.45, 7) is -0.176. The molecule has 0 saturated carbocycles. The minimum absolute atomic E-state index is 0.150. The molecule has 9 heteroatoms. The molecule has 23 heavy (non-hydrogen) atoms. The molecule has 2 N–H and O–H groups in total. The molecular weight excluding hydrogens is 300 g/mol. The first kappa shape index (κ1) is 14.4. The second-order valence-corrected chi connectivity index (χ2v) is 4.45. The van der Waals surface area contributed by atoms with Gasteiger partial charge in [0.2, 0.25) is 5.91 Å². The first-order valence-corrected chi connectivity index (χ1v) is 6.65. The highest BCUT2D eigenvalue weighted by Crippen LogP contribution is 2.08. The number of hydrogen-bond donors (Lipinski definition) is 2. The van der Waals surface area contributed by atoms with Crippen molar-refractivity contribution in [1.82, 2.24) is 25.1 Å². The summed E-state index contributed by atoms with van der Waals surface area (Å²) in [6, 6.07) is 6.47. The van der Waals surface area contributed by atoms with E-state index < -0.39 is 5.91 Å². The summed E-state index contributed by atoms with van der Waals surface area (Å²) in [5.41, 5.74) is 0.506. The van der Waals surface area contributed by atoms with Crippen molar-refractivity contribution in [1.29, 1.82) is 0 Å². The van der Waals surface area contributed by atoms with E-state index in [1.165, 1.54) is 35.9 Å². The monoisotopic (exact) mass is 312 g/mol. The van der Waals surface area contributed by atoms with E-state index in [9.17, 15) is 9.59 Å². The van der Waals surface area contributed by atoms with Crippen molar-refractivity contribution < 1.29 is 14.0 Å². The SMILES string of the molecule is O=C(CNC(=O)c1ccco1)Nc1ccc(-n2cncn2)nc1. The topological polar surface area (TPSA) is 115 Å². The summed E-state index contributed by atoms with van der Waals surface area (Å²) in [7, 11) is 0. The molecule has 116 valence electrons. The fourth-order valence-electron chi connectivity index (χ4n) is 1.78. The molecule has 0 unspecified atom stereocenters. The highest BCUT2D eigenvalue weighted by molar-refractivity contribution is 5.97. The Balaban J connectivity index is 1.53. The minimum Gasteiger partial charge on any atom is -0.459 e. The predicted molar refractivity (Wildman–Crippen MR) is 78.8 cm³/mol. The van der Waals surface area contributed by atoms with Crippen molar-refractivity contribution in [3.05, 3.63) is 55.1 Å². The zero-order chi connectivity index (χ0) is 16.1. The number of anilines is 1. The number of carbonyl (C=O) groups is 2. The molecule has 0 aromatic carbocycles. The molecule has 0 radical (unpaired) electrons. The van der Waals surface area contributed by atoms with Crippen molar-refractivity contribution in [3.8, 4) is 5.82 Å². The molecule has 0 aliphatic heterocycles. The molecule has 2 amide bonds. The normalized spacial score (nSPS) is 10.3. The summed E-state index contributed by atoms with van der Waals surface area (Å²) in [5.74, 6) is -0.103. The van der Waals surface area contributed by atoms with Gasteiger partial charge in [0.05, 0.1) is 24.7 Å². The zero-order valence-electron chi connectivity index (χ0n) is 11.8. The van der Waals surface area contributed by atoms with Crippen molar-refractivity contribution in [2.24, 2.45) is 0 Å². The average Bonchev–Trinajstić information content (AvgIpc) is 3.26. The maximum atomic E-state index is 11.8. The van der Waals surface area contributed by atoms with Crippen molar-refractivity contribution in [2.75, 3.05) is 11.9 Å². The van der Waals surface area contributed by atoms with E-state index in [0.29, 0.717) is 11.5 Å². The van der Waals surface area contributed by atoms with E-state index in [4.69, 9.17) is 4.42 Å². The minimum atomic E-state index is -0.454. The summed E-state index contributed by atoms with van der Waals surface area (Å²) in [5, 5.41) is 9.02. The average molecular weight is 312 g/mol. The van der Waals surface area contributed by atoms with Gasteiger partial charge in [0.15, 0.2) is 11.6 Å². The lowest BCUT2D eigenvalue weighted by atomic mass is 10.4. The smallest absolute Gasteiger partial charge is 0.287 e. The van der Waals surface area contributed by atoms with Gasteiger partial charge in [0.25, 0.3) is 5.91 Å². The van der Waals surface area contributed by atoms with Crippen LogP contribution in [0, 0.1) is 0 Å². The van der Waals surface area contributed by atoms with E-state index in [0.717, 1.165) is 0 Å². The zero-order valence-corrected chi connectivity index (χ0v) is 11.8. The lowest BCUT2D eigenvalue weighted by molar-refractivity contribution is -0.115. The van der Waals surface area contributed by atoms with Crippen molar-refractivity contribution in [3.63, 3.8) is 0 Å². The lowest BCUT2D eigenvalue weighted by Crippen LogP contribution is -2.32. The Morgan fingerprint density at radius 1 is 1.26 bits per heavy atom. The summed E-state index contributed by atoms with van der Waals surface area (Å²) < 4.78 is 6.42. The first-order valence-electron chi connectivity index (χ1n) is 6.65. The maximum Gasteiger partial charge on any atom is 0.287 e. The second kappa shape index (κ2) is 6.52. The van der Waals surface area contributed by atoms with Crippen molar-refractivity contribution in [2.45, 2.75) is 0 Å². The third-order valence-electron chi connectivity index (χ3n) is 2.84. The van der Waals surface area contributed by atoms with E-state index in [1.807, 2.05) is 0 Å². The van der Waals surface area contributed by atoms with Crippen LogP contribution >= 0.6 is 0 Å². The quantitative estimate of drug-likeness (QED) is 0.714. The van der Waals surface area contributed by atoms with E-state index in [1.54, 1.807) is 18.2 Å². The van der Waals surface area contributed by atoms with Crippen molar-refractivity contribution >= 4 is 17.5 Å². The van der Waals surface area contributed by atoms with Crippen LogP contribution in [0.5, 0.6) is 0 Å². The maximum absolute atomic E-state index is 11.8. The molecule has 0 spiro atoms. The van der Waals surface area contributed by atoms with Crippen LogP contribution in [0.3, 0.4) is 0 Å². The third kappa shape index (κ3) is 3.59. The molecular formula is C14H12N6O3. The third-order valence-corrected chi connectivity index (χ3v) is 2.84. The van der Waals surface area contributed by atoms with Gasteiger partial charge in [-0.2, -0.15) is 5.10 Å². The number of aromatic nitrogens is 4. The molecule has 0 bridgehead atoms. The van der Waals surface area contributed by atoms with Gasteiger partial charge in [-0.15, -0.1) is 0 Å². The van der Waals surface area contributed by atoms with Crippen LogP contribution in [0.2, 0.25) is 0 Å². The van der Waals surface area contributed by atoms with Gasteiger partial charge in [-0.05, 0) is 24.3 Å². The number of amides is 2. The molecule has 3 rings (SSSR count). The van der Waals surface area contributed by atoms with Crippen LogP contribution in [0.15, 0.2) is 53.8 Å². The van der Waals surface area contributed by atoms with Crippen LogP contribution in [0.25, 0.3) is 5.82 Å². The molecule has 0 saturated heterocycles. The Morgan fingerprint density at radius 2 is 2.17 bits per heavy atom. The van der Waals surface area contributed by atoms with Crippen LogP contribution in [-0.4, -0.2) is 38.1 Å². The number of furan rings is 1. The fourth-order valence-corrected chi connectivity index (χ4v) is 1.78. The standard InChI is InChI=1S/C14H12N6O3/c21-13(7-17-14(22)11-2-1-5-23-11)19-10-3-4-12(16-6-10)20-9-15-8-18-20/h1-6,8-9H,7H2,(H,17,22)(H,19,21). The van der Waals surface area contributed by atoms with Crippen LogP contribution in [0.1, 0.15) is 10.6 Å². The summed E-state index contributed by atoms with van der Waals surface area (Å²) in [6.07, 6.45) is 5.80. The second-order valence-electron chi connectivity index (χ2n) is 4.45. The van der Waals surface area contributed by atoms with Gasteiger partial charge in [-0.25, -0.2) is 14.6 Å². The van der Waals surface area contributed by atoms with Gasteiger partial charge >= 0.3 is 0 Å². The number of hydrogen-bond acceptors (Lipinski definition) is 6. The molecule has 0 atom stereocenters. The Bertz CT molecular complexity index is 781. The molecule has 9 nitrogen and oxygen atoms in total. The van der Waals surface area contributed by atoms with Crippen LogP contribution in [-0.2, 0) is 4.79 Å². The number of rotatable bonds is 5. The molecule has 0 aliphatic rings. The van der Waals surface area contributed by atoms with Gasteiger partial charge in [-0.3, -0.25) is 9.59 Å². The van der Waals surface area contributed by atoms with E-state index in [2.05, 4.69) is 25.7 Å². The molecule has 3 aromatic heterocycles.